The largest absolute Gasteiger partial charge is 0.352 e. The third kappa shape index (κ3) is 5.28. The minimum Gasteiger partial charge on any atom is -0.352 e. The van der Waals surface area contributed by atoms with Crippen molar-refractivity contribution in [3.05, 3.63) is 70.7 Å². The number of hydrogen-bond donors (Lipinski definition) is 1. The van der Waals surface area contributed by atoms with Crippen LogP contribution in [-0.2, 0) is 9.59 Å². The van der Waals surface area contributed by atoms with Crippen LogP contribution in [0.2, 0.25) is 5.02 Å². The summed E-state index contributed by atoms with van der Waals surface area (Å²) < 4.78 is 0. The van der Waals surface area contributed by atoms with E-state index in [0.717, 1.165) is 37.1 Å². The summed E-state index contributed by atoms with van der Waals surface area (Å²) in [5.41, 5.74) is 1.97. The molecule has 0 aliphatic carbocycles. The zero-order valence-electron chi connectivity index (χ0n) is 17.8. The van der Waals surface area contributed by atoms with Crippen LogP contribution >= 0.6 is 11.6 Å². The summed E-state index contributed by atoms with van der Waals surface area (Å²) in [6.45, 7) is 3.14. The highest BCUT2D eigenvalue weighted by molar-refractivity contribution is 6.30. The number of carbonyl (C=O) groups excluding carboxylic acids is 2. The van der Waals surface area contributed by atoms with Gasteiger partial charge >= 0.3 is 0 Å². The van der Waals surface area contributed by atoms with Crippen molar-refractivity contribution < 1.29 is 9.59 Å². The van der Waals surface area contributed by atoms with E-state index < -0.39 is 6.04 Å². The number of likely N-dealkylation sites (tertiary alicyclic amines) is 2. The van der Waals surface area contributed by atoms with Crippen LogP contribution in [0.15, 0.2) is 54.6 Å². The third-order valence-electron chi connectivity index (χ3n) is 6.32. The molecule has 2 unspecified atom stereocenters. The fraction of sp³-hybridized carbons (Fsp3) is 0.440. The number of nitrogens with zero attached hydrogens (tertiary/aromatic N) is 2. The first-order chi connectivity index (χ1) is 15.1. The fourth-order valence-corrected chi connectivity index (χ4v) is 4.93. The number of rotatable bonds is 7. The van der Waals surface area contributed by atoms with Crippen molar-refractivity contribution in [3.8, 4) is 0 Å². The molecule has 2 saturated heterocycles. The van der Waals surface area contributed by atoms with Crippen molar-refractivity contribution in [1.29, 1.82) is 0 Å². The molecule has 5 nitrogen and oxygen atoms in total. The zero-order chi connectivity index (χ0) is 21.6. The fourth-order valence-electron chi connectivity index (χ4n) is 4.73. The average Bonchev–Trinajstić information content (AvgIpc) is 3.31. The zero-order valence-corrected chi connectivity index (χ0v) is 18.6. The third-order valence-corrected chi connectivity index (χ3v) is 6.55. The summed E-state index contributed by atoms with van der Waals surface area (Å²) in [7, 11) is 0. The minimum atomic E-state index is -0.590. The maximum absolute atomic E-state index is 13.5. The summed E-state index contributed by atoms with van der Waals surface area (Å²) in [5, 5.41) is 3.88. The molecule has 2 aromatic rings. The first-order valence-corrected chi connectivity index (χ1v) is 11.6. The molecule has 2 heterocycles. The Balaban J connectivity index is 1.54. The Labute approximate surface area is 189 Å². The summed E-state index contributed by atoms with van der Waals surface area (Å²) in [6, 6.07) is 17.0. The van der Waals surface area contributed by atoms with Gasteiger partial charge < -0.3 is 10.2 Å². The molecule has 2 atom stereocenters. The molecule has 2 amide bonds. The van der Waals surface area contributed by atoms with Crippen LogP contribution in [0.3, 0.4) is 0 Å². The smallest absolute Gasteiger partial charge is 0.247 e. The van der Waals surface area contributed by atoms with Crippen LogP contribution in [0.4, 0.5) is 0 Å². The second kappa shape index (κ2) is 10.3. The van der Waals surface area contributed by atoms with Gasteiger partial charge in [0.15, 0.2) is 0 Å². The number of halogens is 1. The summed E-state index contributed by atoms with van der Waals surface area (Å²) in [4.78, 5) is 30.3. The molecule has 0 saturated carbocycles. The van der Waals surface area contributed by atoms with Crippen LogP contribution in [0.5, 0.6) is 0 Å². The van der Waals surface area contributed by atoms with Crippen molar-refractivity contribution >= 4 is 23.4 Å². The molecule has 1 N–H and O–H groups in total. The Kier molecular flexibility index (Phi) is 7.25. The Bertz CT molecular complexity index is 899. The van der Waals surface area contributed by atoms with E-state index in [9.17, 15) is 9.59 Å². The van der Waals surface area contributed by atoms with Crippen molar-refractivity contribution in [2.45, 2.75) is 44.2 Å². The molecular formula is C25H30ClN3O2. The van der Waals surface area contributed by atoms with E-state index in [1.807, 2.05) is 48.5 Å². The number of amides is 2. The predicted molar refractivity (Wildman–Crippen MR) is 123 cm³/mol. The van der Waals surface area contributed by atoms with Crippen molar-refractivity contribution in [2.75, 3.05) is 26.2 Å². The van der Waals surface area contributed by atoms with Gasteiger partial charge in [-0.25, -0.2) is 0 Å². The Morgan fingerprint density at radius 2 is 1.65 bits per heavy atom. The number of hydrogen-bond acceptors (Lipinski definition) is 3. The van der Waals surface area contributed by atoms with Crippen LogP contribution in [0.1, 0.15) is 55.3 Å². The van der Waals surface area contributed by atoms with Gasteiger partial charge in [-0.3, -0.25) is 14.5 Å². The standard InChI is InChI=1S/C25H30ClN3O2/c26-21-12-8-11-20(17-21)22(28-14-6-7-15-28)18-27-25(31)24(19-9-2-1-3-10-19)29-16-5-4-13-23(29)30/h1-3,8-12,17,22,24H,4-7,13-16,18H2,(H,27,31). The maximum atomic E-state index is 13.5. The number of benzene rings is 2. The molecule has 2 fully saturated rings. The van der Waals surface area contributed by atoms with Gasteiger partial charge in [0.05, 0.1) is 6.04 Å². The molecule has 31 heavy (non-hydrogen) atoms. The van der Waals surface area contributed by atoms with E-state index in [-0.39, 0.29) is 17.9 Å². The molecule has 164 valence electrons. The van der Waals surface area contributed by atoms with E-state index in [2.05, 4.69) is 16.3 Å². The van der Waals surface area contributed by atoms with Gasteiger partial charge in [-0.05, 0) is 62.0 Å². The molecule has 0 bridgehead atoms. The van der Waals surface area contributed by atoms with E-state index in [1.54, 1.807) is 4.90 Å². The lowest BCUT2D eigenvalue weighted by molar-refractivity contribution is -0.142. The van der Waals surface area contributed by atoms with Gasteiger partial charge in [0, 0.05) is 24.5 Å². The lowest BCUT2D eigenvalue weighted by atomic mass is 10.00. The maximum Gasteiger partial charge on any atom is 0.247 e. The highest BCUT2D eigenvalue weighted by atomic mass is 35.5. The molecule has 6 heteroatoms. The molecule has 2 aliphatic rings. The van der Waals surface area contributed by atoms with Crippen LogP contribution < -0.4 is 5.32 Å². The average molecular weight is 440 g/mol. The van der Waals surface area contributed by atoms with E-state index in [0.29, 0.717) is 24.5 Å². The molecule has 0 aromatic heterocycles. The highest BCUT2D eigenvalue weighted by Crippen LogP contribution is 2.28. The highest BCUT2D eigenvalue weighted by Gasteiger charge is 2.33. The molecular weight excluding hydrogens is 410 g/mol. The van der Waals surface area contributed by atoms with Gasteiger partial charge in [-0.15, -0.1) is 0 Å². The second-order valence-electron chi connectivity index (χ2n) is 8.42. The summed E-state index contributed by atoms with van der Waals surface area (Å²) in [6.07, 6.45) is 4.67. The summed E-state index contributed by atoms with van der Waals surface area (Å²) in [5.74, 6) is -0.0612. The SMILES string of the molecule is O=C(NCC(c1cccc(Cl)c1)N1CCCC1)C(c1ccccc1)N1CCCCC1=O. The van der Waals surface area contributed by atoms with Crippen molar-refractivity contribution in [2.24, 2.45) is 0 Å². The number of carbonyl (C=O) groups is 2. The van der Waals surface area contributed by atoms with Crippen LogP contribution in [0.25, 0.3) is 0 Å². The first kappa shape index (κ1) is 21.8. The quantitative estimate of drug-likeness (QED) is 0.697. The van der Waals surface area contributed by atoms with Gasteiger partial charge in [-0.1, -0.05) is 54.1 Å². The lowest BCUT2D eigenvalue weighted by Gasteiger charge is -2.35. The molecule has 2 aromatic carbocycles. The molecule has 4 rings (SSSR count). The van der Waals surface area contributed by atoms with Crippen LogP contribution in [0, 0.1) is 0 Å². The van der Waals surface area contributed by atoms with Crippen molar-refractivity contribution in [3.63, 3.8) is 0 Å². The Morgan fingerprint density at radius 3 is 2.35 bits per heavy atom. The van der Waals surface area contributed by atoms with E-state index >= 15 is 0 Å². The minimum absolute atomic E-state index is 0.0567. The van der Waals surface area contributed by atoms with Crippen molar-refractivity contribution in [1.82, 2.24) is 15.1 Å². The first-order valence-electron chi connectivity index (χ1n) is 11.2. The second-order valence-corrected chi connectivity index (χ2v) is 8.85. The monoisotopic (exact) mass is 439 g/mol. The van der Waals surface area contributed by atoms with Gasteiger partial charge in [0.2, 0.25) is 11.8 Å². The van der Waals surface area contributed by atoms with Crippen LogP contribution in [-0.4, -0.2) is 47.8 Å². The van der Waals surface area contributed by atoms with Gasteiger partial charge in [0.1, 0.15) is 6.04 Å². The molecule has 2 aliphatic heterocycles. The lowest BCUT2D eigenvalue weighted by Crippen LogP contribution is -2.47. The number of nitrogens with one attached hydrogen (secondary N) is 1. The van der Waals surface area contributed by atoms with E-state index in [1.165, 1.54) is 12.8 Å². The topological polar surface area (TPSA) is 52.7 Å². The Hall–Kier alpha value is -2.37. The predicted octanol–water partition coefficient (Wildman–Crippen LogP) is 4.35. The molecule has 0 spiro atoms. The van der Waals surface area contributed by atoms with Gasteiger partial charge in [-0.2, -0.15) is 0 Å². The Morgan fingerprint density at radius 1 is 0.935 bits per heavy atom. The van der Waals surface area contributed by atoms with Gasteiger partial charge in [0.25, 0.3) is 0 Å². The normalized spacial score (nSPS) is 19.3. The summed E-state index contributed by atoms with van der Waals surface area (Å²) >= 11 is 6.26. The molecule has 0 radical (unpaired) electrons. The number of piperidine rings is 1. The van der Waals surface area contributed by atoms with E-state index in [4.69, 9.17) is 11.6 Å².